The summed E-state index contributed by atoms with van der Waals surface area (Å²) in [5, 5.41) is 0. The Morgan fingerprint density at radius 2 is 1.75 bits per heavy atom. The number of aromatic nitrogens is 2. The number of nitrogens with two attached hydrogens (primary N) is 1. The van der Waals surface area contributed by atoms with Gasteiger partial charge in [0.2, 0.25) is 0 Å². The Kier molecular flexibility index (Phi) is 4.35. The summed E-state index contributed by atoms with van der Waals surface area (Å²) >= 11 is 0. The topological polar surface area (TPSA) is 63.8 Å². The van der Waals surface area contributed by atoms with E-state index >= 15 is 0 Å². The molecule has 20 heavy (non-hydrogen) atoms. The second-order valence-electron chi connectivity index (χ2n) is 5.45. The molecule has 2 rings (SSSR count). The van der Waals surface area contributed by atoms with Crippen molar-refractivity contribution in [1.82, 2.24) is 9.97 Å². The minimum atomic E-state index is 0.342. The molecular weight excluding hydrogens is 248 g/mol. The fourth-order valence-corrected chi connectivity index (χ4v) is 2.41. The van der Waals surface area contributed by atoms with Gasteiger partial charge in [0, 0.05) is 17.7 Å². The van der Waals surface area contributed by atoms with Crippen molar-refractivity contribution in [1.29, 1.82) is 0 Å². The fourth-order valence-electron chi connectivity index (χ4n) is 2.41. The molecule has 1 aromatic heterocycles. The molecular formula is C16H22N4. The average Bonchev–Trinajstić information content (AvgIpc) is 2.40. The van der Waals surface area contributed by atoms with Gasteiger partial charge in [-0.15, -0.1) is 0 Å². The van der Waals surface area contributed by atoms with Crippen LogP contribution in [0.25, 0.3) is 0 Å². The number of aryl methyl sites for hydroxylation is 2. The summed E-state index contributed by atoms with van der Waals surface area (Å²) in [4.78, 5) is 9.16. The van der Waals surface area contributed by atoms with Crippen molar-refractivity contribution < 1.29 is 0 Å². The van der Waals surface area contributed by atoms with Crippen molar-refractivity contribution in [3.05, 3.63) is 52.5 Å². The highest BCUT2D eigenvalue weighted by atomic mass is 15.3. The molecule has 0 amide bonds. The van der Waals surface area contributed by atoms with Gasteiger partial charge in [-0.1, -0.05) is 43.7 Å². The molecule has 4 heteroatoms. The molecule has 0 atom stereocenters. The zero-order chi connectivity index (χ0) is 14.7. The highest BCUT2D eigenvalue weighted by Gasteiger charge is 2.14. The largest absolute Gasteiger partial charge is 0.308 e. The van der Waals surface area contributed by atoms with Crippen molar-refractivity contribution in [3.63, 3.8) is 0 Å². The Hall–Kier alpha value is -1.94. The van der Waals surface area contributed by atoms with E-state index < -0.39 is 0 Å². The van der Waals surface area contributed by atoms with Crippen LogP contribution in [-0.2, 0) is 6.42 Å². The number of rotatable bonds is 4. The maximum atomic E-state index is 5.60. The molecule has 0 saturated carbocycles. The maximum absolute atomic E-state index is 5.60. The average molecular weight is 270 g/mol. The Bertz CT molecular complexity index is 588. The quantitative estimate of drug-likeness (QED) is 0.662. The van der Waals surface area contributed by atoms with E-state index in [1.807, 2.05) is 6.92 Å². The maximum Gasteiger partial charge on any atom is 0.147 e. The van der Waals surface area contributed by atoms with Crippen LogP contribution in [0.4, 0.5) is 5.82 Å². The molecule has 106 valence electrons. The van der Waals surface area contributed by atoms with Gasteiger partial charge in [0.05, 0.1) is 0 Å². The molecule has 1 aromatic carbocycles. The minimum Gasteiger partial charge on any atom is -0.308 e. The summed E-state index contributed by atoms with van der Waals surface area (Å²) in [5.74, 6) is 7.47. The lowest BCUT2D eigenvalue weighted by atomic mass is 10.0. The van der Waals surface area contributed by atoms with Gasteiger partial charge in [0.15, 0.2) is 0 Å². The van der Waals surface area contributed by atoms with Gasteiger partial charge in [-0.3, -0.25) is 0 Å². The van der Waals surface area contributed by atoms with Gasteiger partial charge in [0.25, 0.3) is 0 Å². The summed E-state index contributed by atoms with van der Waals surface area (Å²) in [5.41, 5.74) is 7.24. The summed E-state index contributed by atoms with van der Waals surface area (Å²) in [7, 11) is 0. The standard InChI is InChI=1S/C16H22N4/c1-10(2)15-12(4)18-14(19-16(15)20-17)9-13-7-5-11(3)6-8-13/h5-8,10H,9,17H2,1-4H3,(H,18,19,20). The predicted octanol–water partition coefficient (Wildman–Crippen LogP) is 3.09. The highest BCUT2D eigenvalue weighted by molar-refractivity contribution is 5.47. The SMILES string of the molecule is Cc1ccc(Cc2nc(C)c(C(C)C)c(NN)n2)cc1. The van der Waals surface area contributed by atoms with Crippen molar-refractivity contribution >= 4 is 5.82 Å². The van der Waals surface area contributed by atoms with Crippen LogP contribution >= 0.6 is 0 Å². The summed E-state index contributed by atoms with van der Waals surface area (Å²) < 4.78 is 0. The second kappa shape index (κ2) is 6.01. The van der Waals surface area contributed by atoms with E-state index in [0.29, 0.717) is 12.3 Å². The van der Waals surface area contributed by atoms with Gasteiger partial charge >= 0.3 is 0 Å². The minimum absolute atomic E-state index is 0.342. The zero-order valence-electron chi connectivity index (χ0n) is 12.6. The molecule has 1 heterocycles. The van der Waals surface area contributed by atoms with Crippen molar-refractivity contribution in [3.8, 4) is 0 Å². The van der Waals surface area contributed by atoms with Gasteiger partial charge in [0.1, 0.15) is 11.6 Å². The molecule has 2 aromatic rings. The molecule has 0 aliphatic rings. The normalized spacial score (nSPS) is 10.9. The van der Waals surface area contributed by atoms with Crippen LogP contribution in [0.3, 0.4) is 0 Å². The Labute approximate surface area is 120 Å². The first-order valence-electron chi connectivity index (χ1n) is 6.90. The molecule has 0 bridgehead atoms. The third-order valence-corrected chi connectivity index (χ3v) is 3.38. The lowest BCUT2D eigenvalue weighted by Gasteiger charge is -2.15. The van der Waals surface area contributed by atoms with Gasteiger partial charge < -0.3 is 5.43 Å². The van der Waals surface area contributed by atoms with Crippen LogP contribution in [0.5, 0.6) is 0 Å². The first-order valence-corrected chi connectivity index (χ1v) is 6.90. The van der Waals surface area contributed by atoms with Crippen LogP contribution < -0.4 is 11.3 Å². The van der Waals surface area contributed by atoms with Crippen LogP contribution in [0, 0.1) is 13.8 Å². The predicted molar refractivity (Wildman–Crippen MR) is 82.7 cm³/mol. The number of nitrogens with one attached hydrogen (secondary N) is 1. The number of hydrogen-bond acceptors (Lipinski definition) is 4. The van der Waals surface area contributed by atoms with Crippen molar-refractivity contribution in [2.45, 2.75) is 40.0 Å². The molecule has 0 fully saturated rings. The van der Waals surface area contributed by atoms with Crippen LogP contribution in [0.15, 0.2) is 24.3 Å². The van der Waals surface area contributed by atoms with Crippen LogP contribution in [-0.4, -0.2) is 9.97 Å². The third kappa shape index (κ3) is 3.14. The van der Waals surface area contributed by atoms with Gasteiger partial charge in [-0.2, -0.15) is 0 Å². The fraction of sp³-hybridized carbons (Fsp3) is 0.375. The van der Waals surface area contributed by atoms with Crippen molar-refractivity contribution in [2.24, 2.45) is 5.84 Å². The summed E-state index contributed by atoms with van der Waals surface area (Å²) in [6.45, 7) is 8.33. The molecule has 0 aliphatic heterocycles. The van der Waals surface area contributed by atoms with Gasteiger partial charge in [-0.25, -0.2) is 15.8 Å². The van der Waals surface area contributed by atoms with Crippen LogP contribution in [0.2, 0.25) is 0 Å². The number of benzene rings is 1. The monoisotopic (exact) mass is 270 g/mol. The smallest absolute Gasteiger partial charge is 0.147 e. The van der Waals surface area contributed by atoms with E-state index in [1.165, 1.54) is 11.1 Å². The third-order valence-electron chi connectivity index (χ3n) is 3.38. The van der Waals surface area contributed by atoms with Crippen molar-refractivity contribution in [2.75, 3.05) is 5.43 Å². The molecule has 3 N–H and O–H groups in total. The molecule has 4 nitrogen and oxygen atoms in total. The molecule has 0 aliphatic carbocycles. The van der Waals surface area contributed by atoms with E-state index in [1.54, 1.807) is 0 Å². The summed E-state index contributed by atoms with van der Waals surface area (Å²) in [6.07, 6.45) is 0.716. The number of hydrazine groups is 1. The lowest BCUT2D eigenvalue weighted by Crippen LogP contribution is -2.15. The lowest BCUT2D eigenvalue weighted by molar-refractivity contribution is 0.811. The van der Waals surface area contributed by atoms with E-state index in [-0.39, 0.29) is 0 Å². The molecule has 0 spiro atoms. The Morgan fingerprint density at radius 3 is 2.30 bits per heavy atom. The molecule has 0 radical (unpaired) electrons. The number of nitrogen functional groups attached to an aromatic ring is 1. The van der Waals surface area contributed by atoms with Gasteiger partial charge in [-0.05, 0) is 25.3 Å². The Morgan fingerprint density at radius 1 is 1.10 bits per heavy atom. The highest BCUT2D eigenvalue weighted by Crippen LogP contribution is 2.25. The van der Waals surface area contributed by atoms with E-state index in [2.05, 4.69) is 60.4 Å². The van der Waals surface area contributed by atoms with Crippen LogP contribution in [0.1, 0.15) is 48.0 Å². The van der Waals surface area contributed by atoms with E-state index in [0.717, 1.165) is 22.9 Å². The zero-order valence-corrected chi connectivity index (χ0v) is 12.6. The second-order valence-corrected chi connectivity index (χ2v) is 5.45. The number of nitrogens with zero attached hydrogens (tertiary/aromatic N) is 2. The Balaban J connectivity index is 2.33. The molecule has 0 saturated heterocycles. The first-order chi connectivity index (χ1) is 9.51. The van der Waals surface area contributed by atoms with E-state index in [4.69, 9.17) is 5.84 Å². The first kappa shape index (κ1) is 14.5. The summed E-state index contributed by atoms with van der Waals surface area (Å²) in [6, 6.07) is 8.43. The number of anilines is 1. The number of hydrogen-bond donors (Lipinski definition) is 2. The van der Waals surface area contributed by atoms with E-state index in [9.17, 15) is 0 Å². The molecule has 0 unspecified atom stereocenters.